The monoisotopic (exact) mass is 337 g/mol. The van der Waals surface area contributed by atoms with Gasteiger partial charge in [0.25, 0.3) is 5.91 Å². The topological polar surface area (TPSA) is 76.5 Å². The summed E-state index contributed by atoms with van der Waals surface area (Å²) in [6.45, 7) is 5.56. The van der Waals surface area contributed by atoms with Crippen LogP contribution in [0.5, 0.6) is 0 Å². The summed E-state index contributed by atoms with van der Waals surface area (Å²) < 4.78 is 7.53. The molecule has 0 unspecified atom stereocenters. The molecule has 2 bridgehead atoms. The molecule has 0 radical (unpaired) electrons. The van der Waals surface area contributed by atoms with Gasteiger partial charge in [-0.3, -0.25) is 4.79 Å². The molecule has 7 heteroatoms. The summed E-state index contributed by atoms with van der Waals surface area (Å²) in [6, 6.07) is 2.19. The molecule has 5 rings (SSSR count). The zero-order valence-electron chi connectivity index (χ0n) is 14.5. The second-order valence-electron chi connectivity index (χ2n) is 7.03. The van der Waals surface area contributed by atoms with Crippen molar-refractivity contribution in [1.29, 1.82) is 0 Å². The Morgan fingerprint density at radius 3 is 2.88 bits per heavy atom. The molecule has 0 spiro atoms. The van der Waals surface area contributed by atoms with Gasteiger partial charge in [-0.1, -0.05) is 0 Å². The molecule has 2 aliphatic heterocycles. The van der Waals surface area contributed by atoms with Gasteiger partial charge in [-0.2, -0.15) is 5.10 Å². The highest BCUT2D eigenvalue weighted by Gasteiger charge is 2.45. The van der Waals surface area contributed by atoms with Crippen LogP contribution in [0.1, 0.15) is 58.0 Å². The number of amides is 1. The molecule has 7 nitrogen and oxygen atoms in total. The van der Waals surface area contributed by atoms with Gasteiger partial charge in [0.05, 0.1) is 23.1 Å². The second kappa shape index (κ2) is 4.91. The summed E-state index contributed by atoms with van der Waals surface area (Å²) in [7, 11) is 0. The Morgan fingerprint density at radius 2 is 2.12 bits per heavy atom. The molecule has 0 aromatic carbocycles. The molecular weight excluding hydrogens is 318 g/mol. The van der Waals surface area contributed by atoms with E-state index in [4.69, 9.17) is 4.42 Å². The Morgan fingerprint density at radius 1 is 1.28 bits per heavy atom. The third kappa shape index (κ3) is 1.98. The van der Waals surface area contributed by atoms with Crippen LogP contribution in [-0.2, 0) is 6.42 Å². The Bertz CT molecular complexity index is 1020. The van der Waals surface area contributed by atoms with Gasteiger partial charge in [-0.05, 0) is 26.7 Å². The van der Waals surface area contributed by atoms with E-state index in [1.165, 1.54) is 5.69 Å². The van der Waals surface area contributed by atoms with E-state index in [2.05, 4.69) is 15.1 Å². The zero-order valence-corrected chi connectivity index (χ0v) is 14.5. The predicted molar refractivity (Wildman–Crippen MR) is 89.3 cm³/mol. The first-order chi connectivity index (χ1) is 12.0. The number of hydrogen-bond donors (Lipinski definition) is 0. The van der Waals surface area contributed by atoms with Crippen LogP contribution in [0.25, 0.3) is 5.65 Å². The third-order valence-corrected chi connectivity index (χ3v) is 5.36. The highest BCUT2D eigenvalue weighted by molar-refractivity contribution is 5.93. The largest absolute Gasteiger partial charge is 0.436 e. The number of nitrogens with zero attached hydrogens (tertiary/aromatic N) is 5. The highest BCUT2D eigenvalue weighted by Crippen LogP contribution is 2.44. The van der Waals surface area contributed by atoms with Crippen molar-refractivity contribution in [2.45, 2.75) is 52.1 Å². The summed E-state index contributed by atoms with van der Waals surface area (Å²) in [4.78, 5) is 23.9. The van der Waals surface area contributed by atoms with Gasteiger partial charge in [0.15, 0.2) is 11.5 Å². The van der Waals surface area contributed by atoms with E-state index in [1.54, 1.807) is 6.92 Å². The fourth-order valence-corrected chi connectivity index (χ4v) is 4.36. The number of fused-ring (bicyclic) bond motifs is 6. The number of aromatic nitrogens is 4. The van der Waals surface area contributed by atoms with Gasteiger partial charge < -0.3 is 9.32 Å². The predicted octanol–water partition coefficient (Wildman–Crippen LogP) is 2.54. The lowest BCUT2D eigenvalue weighted by molar-refractivity contribution is 0.0607. The maximum atomic E-state index is 13.1. The molecule has 25 heavy (non-hydrogen) atoms. The number of carbonyl (C=O) groups excluding carboxylic acids is 1. The lowest BCUT2D eigenvalue weighted by Crippen LogP contribution is -2.42. The summed E-state index contributed by atoms with van der Waals surface area (Å²) in [5, 5.41) is 4.59. The lowest BCUT2D eigenvalue weighted by atomic mass is 9.98. The minimum atomic E-state index is -0.0620. The minimum absolute atomic E-state index is 0.0347. The Labute approximate surface area is 144 Å². The standard InChI is InChI=1S/C18H19N5O2/c1-9-6-16-19-8-13-14-5-4-12(7-15(13)23(16)21-9)22(14)18(24)17-10(2)20-11(3)25-17/h6,8,12,14H,4-5,7H2,1-3H3/t12-,14+/m0/s1. The number of hydrogen-bond acceptors (Lipinski definition) is 5. The molecular formula is C18H19N5O2. The molecule has 5 heterocycles. The fraction of sp³-hybridized carbons (Fsp3) is 0.444. The number of oxazole rings is 1. The summed E-state index contributed by atoms with van der Waals surface area (Å²) in [5.74, 6) is 0.829. The Kier molecular flexibility index (Phi) is 2.87. The maximum absolute atomic E-state index is 13.1. The van der Waals surface area contributed by atoms with E-state index in [0.717, 1.165) is 36.2 Å². The van der Waals surface area contributed by atoms with Crippen LogP contribution in [0.2, 0.25) is 0 Å². The Hall–Kier alpha value is -2.70. The van der Waals surface area contributed by atoms with Gasteiger partial charge in [0.2, 0.25) is 5.76 Å². The molecule has 1 fully saturated rings. The quantitative estimate of drug-likeness (QED) is 0.682. The van der Waals surface area contributed by atoms with Gasteiger partial charge in [-0.25, -0.2) is 14.5 Å². The van der Waals surface area contributed by atoms with Crippen LogP contribution in [0.15, 0.2) is 16.7 Å². The molecule has 2 atom stereocenters. The molecule has 1 amide bonds. The van der Waals surface area contributed by atoms with Crippen molar-refractivity contribution in [2.24, 2.45) is 0 Å². The van der Waals surface area contributed by atoms with E-state index in [0.29, 0.717) is 17.3 Å². The van der Waals surface area contributed by atoms with Crippen molar-refractivity contribution >= 4 is 11.6 Å². The first-order valence-electron chi connectivity index (χ1n) is 8.64. The van der Waals surface area contributed by atoms with Crippen LogP contribution >= 0.6 is 0 Å². The first-order valence-corrected chi connectivity index (χ1v) is 8.64. The van der Waals surface area contributed by atoms with Crippen LogP contribution in [0.3, 0.4) is 0 Å². The highest BCUT2D eigenvalue weighted by atomic mass is 16.4. The van der Waals surface area contributed by atoms with E-state index in [1.807, 2.05) is 35.5 Å². The van der Waals surface area contributed by atoms with Crippen LogP contribution in [0.4, 0.5) is 0 Å². The van der Waals surface area contributed by atoms with Crippen molar-refractivity contribution in [3.05, 3.63) is 46.6 Å². The zero-order chi connectivity index (χ0) is 17.3. The third-order valence-electron chi connectivity index (χ3n) is 5.36. The van der Waals surface area contributed by atoms with Crippen molar-refractivity contribution in [2.75, 3.05) is 0 Å². The van der Waals surface area contributed by atoms with Gasteiger partial charge in [0, 0.05) is 37.2 Å². The molecule has 0 saturated carbocycles. The van der Waals surface area contributed by atoms with E-state index < -0.39 is 0 Å². The average Bonchev–Trinajstić information content (AvgIpc) is 3.21. The van der Waals surface area contributed by atoms with E-state index in [9.17, 15) is 4.79 Å². The summed E-state index contributed by atoms with van der Waals surface area (Å²) in [6.07, 6.45) is 4.64. The summed E-state index contributed by atoms with van der Waals surface area (Å²) in [5.41, 5.74) is 4.77. The normalized spacial score (nSPS) is 21.8. The van der Waals surface area contributed by atoms with Crippen molar-refractivity contribution < 1.29 is 9.21 Å². The smallest absolute Gasteiger partial charge is 0.292 e. The molecule has 3 aromatic rings. The average molecular weight is 337 g/mol. The maximum Gasteiger partial charge on any atom is 0.292 e. The number of aryl methyl sites for hydroxylation is 3. The van der Waals surface area contributed by atoms with Crippen LogP contribution < -0.4 is 0 Å². The first kappa shape index (κ1) is 14.6. The van der Waals surface area contributed by atoms with Crippen molar-refractivity contribution in [3.8, 4) is 0 Å². The molecule has 0 N–H and O–H groups in total. The Balaban J connectivity index is 1.60. The van der Waals surface area contributed by atoms with Gasteiger partial charge in [0.1, 0.15) is 0 Å². The van der Waals surface area contributed by atoms with Crippen molar-refractivity contribution in [1.82, 2.24) is 24.5 Å². The summed E-state index contributed by atoms with van der Waals surface area (Å²) >= 11 is 0. The van der Waals surface area contributed by atoms with E-state index in [-0.39, 0.29) is 18.0 Å². The molecule has 0 aliphatic carbocycles. The fourth-order valence-electron chi connectivity index (χ4n) is 4.36. The van der Waals surface area contributed by atoms with Gasteiger partial charge >= 0.3 is 0 Å². The van der Waals surface area contributed by atoms with Crippen molar-refractivity contribution in [3.63, 3.8) is 0 Å². The van der Waals surface area contributed by atoms with Crippen LogP contribution in [0, 0.1) is 20.8 Å². The minimum Gasteiger partial charge on any atom is -0.436 e. The number of rotatable bonds is 1. The van der Waals surface area contributed by atoms with E-state index >= 15 is 0 Å². The SMILES string of the molecule is Cc1cc2ncc3c(n2n1)C[C@@H]1CC[C@H]3N1C(=O)c1oc(C)nc1C. The lowest BCUT2D eigenvalue weighted by Gasteiger charge is -2.35. The van der Waals surface area contributed by atoms with Crippen LogP contribution in [-0.4, -0.2) is 36.4 Å². The molecule has 128 valence electrons. The molecule has 2 aliphatic rings. The molecule has 1 saturated heterocycles. The second-order valence-corrected chi connectivity index (χ2v) is 7.03. The molecule has 3 aromatic heterocycles. The van der Waals surface area contributed by atoms with Gasteiger partial charge in [-0.15, -0.1) is 0 Å². The number of carbonyl (C=O) groups is 1.